The van der Waals surface area contributed by atoms with Gasteiger partial charge in [-0.3, -0.25) is 4.98 Å². The van der Waals surface area contributed by atoms with E-state index in [2.05, 4.69) is 24.9 Å². The van der Waals surface area contributed by atoms with Crippen LogP contribution in [0.5, 0.6) is 5.75 Å². The normalized spacial score (nSPS) is 27.2. The predicted octanol–water partition coefficient (Wildman–Crippen LogP) is 3.49. The molecular formula is C16H26N2O. The summed E-state index contributed by atoms with van der Waals surface area (Å²) in [4.78, 5) is 4.32. The number of aromatic nitrogens is 1. The summed E-state index contributed by atoms with van der Waals surface area (Å²) in [5.41, 5.74) is 7.56. The molecule has 19 heavy (non-hydrogen) atoms. The standard InChI is InChI=1S/C16H26N2O/c1-3-7-19-14-9-13(10-18-11-14)15-8-12(4-2)5-6-16(15)17/h9-12,15-16H,3-8,17H2,1-2H3. The summed E-state index contributed by atoms with van der Waals surface area (Å²) >= 11 is 0. The molecule has 1 heterocycles. The number of pyridine rings is 1. The van der Waals surface area contributed by atoms with E-state index < -0.39 is 0 Å². The molecule has 1 fully saturated rings. The highest BCUT2D eigenvalue weighted by atomic mass is 16.5. The van der Waals surface area contributed by atoms with E-state index >= 15 is 0 Å². The van der Waals surface area contributed by atoms with Gasteiger partial charge in [-0.05, 0) is 43.2 Å². The summed E-state index contributed by atoms with van der Waals surface area (Å²) in [6, 6.07) is 2.40. The molecule has 0 spiro atoms. The Kier molecular flexibility index (Phi) is 5.20. The molecular weight excluding hydrogens is 236 g/mol. The van der Waals surface area contributed by atoms with E-state index in [0.717, 1.165) is 31.1 Å². The third-order valence-electron chi connectivity index (χ3n) is 4.23. The van der Waals surface area contributed by atoms with E-state index in [-0.39, 0.29) is 6.04 Å². The summed E-state index contributed by atoms with van der Waals surface area (Å²) in [5.74, 6) is 2.13. The molecule has 1 saturated carbocycles. The molecule has 0 saturated heterocycles. The molecule has 0 radical (unpaired) electrons. The lowest BCUT2D eigenvalue weighted by atomic mass is 9.74. The van der Waals surface area contributed by atoms with Gasteiger partial charge in [0.05, 0.1) is 12.8 Å². The summed E-state index contributed by atoms with van der Waals surface area (Å²) < 4.78 is 5.67. The molecule has 1 aliphatic rings. The van der Waals surface area contributed by atoms with Crippen LogP contribution in [0, 0.1) is 5.92 Å². The molecule has 2 rings (SSSR count). The Morgan fingerprint density at radius 1 is 1.32 bits per heavy atom. The molecule has 106 valence electrons. The smallest absolute Gasteiger partial charge is 0.137 e. The van der Waals surface area contributed by atoms with Crippen LogP contribution in [0.4, 0.5) is 0 Å². The SMILES string of the molecule is CCCOc1cncc(C2CC(CC)CCC2N)c1. The van der Waals surface area contributed by atoms with Crippen molar-refractivity contribution in [2.24, 2.45) is 11.7 Å². The van der Waals surface area contributed by atoms with Crippen LogP contribution in [-0.4, -0.2) is 17.6 Å². The van der Waals surface area contributed by atoms with Gasteiger partial charge in [0.1, 0.15) is 5.75 Å². The van der Waals surface area contributed by atoms with Crippen LogP contribution < -0.4 is 10.5 Å². The van der Waals surface area contributed by atoms with E-state index in [9.17, 15) is 0 Å². The second-order valence-electron chi connectivity index (χ2n) is 5.66. The van der Waals surface area contributed by atoms with Crippen molar-refractivity contribution in [1.82, 2.24) is 4.98 Å². The van der Waals surface area contributed by atoms with Gasteiger partial charge in [-0.2, -0.15) is 0 Å². The quantitative estimate of drug-likeness (QED) is 0.883. The number of ether oxygens (including phenoxy) is 1. The van der Waals surface area contributed by atoms with Crippen molar-refractivity contribution in [3.8, 4) is 5.75 Å². The maximum absolute atomic E-state index is 6.31. The van der Waals surface area contributed by atoms with Crippen LogP contribution in [0.25, 0.3) is 0 Å². The number of hydrogen-bond donors (Lipinski definition) is 1. The van der Waals surface area contributed by atoms with Gasteiger partial charge in [0.25, 0.3) is 0 Å². The third kappa shape index (κ3) is 3.69. The van der Waals surface area contributed by atoms with Crippen molar-refractivity contribution >= 4 is 0 Å². The largest absolute Gasteiger partial charge is 0.492 e. The number of nitrogens with zero attached hydrogens (tertiary/aromatic N) is 1. The lowest BCUT2D eigenvalue weighted by Gasteiger charge is -2.34. The first-order valence-corrected chi connectivity index (χ1v) is 7.57. The van der Waals surface area contributed by atoms with Gasteiger partial charge < -0.3 is 10.5 Å². The minimum Gasteiger partial charge on any atom is -0.492 e. The minimum absolute atomic E-state index is 0.269. The van der Waals surface area contributed by atoms with Crippen LogP contribution in [0.1, 0.15) is 57.4 Å². The minimum atomic E-state index is 0.269. The zero-order chi connectivity index (χ0) is 13.7. The Bertz CT molecular complexity index is 394. The van der Waals surface area contributed by atoms with E-state index in [1.165, 1.54) is 24.8 Å². The second kappa shape index (κ2) is 6.90. The molecule has 3 unspecified atom stereocenters. The fourth-order valence-corrected chi connectivity index (χ4v) is 2.97. The van der Waals surface area contributed by atoms with Gasteiger partial charge in [0, 0.05) is 18.2 Å². The van der Waals surface area contributed by atoms with Crippen LogP contribution >= 0.6 is 0 Å². The van der Waals surface area contributed by atoms with Gasteiger partial charge in [0.15, 0.2) is 0 Å². The average Bonchev–Trinajstić information content (AvgIpc) is 2.46. The molecule has 3 nitrogen and oxygen atoms in total. The Hall–Kier alpha value is -1.09. The first-order chi connectivity index (χ1) is 9.24. The Morgan fingerprint density at radius 3 is 2.89 bits per heavy atom. The summed E-state index contributed by atoms with van der Waals surface area (Å²) in [6.45, 7) is 5.14. The molecule has 3 heteroatoms. The van der Waals surface area contributed by atoms with Gasteiger partial charge in [-0.15, -0.1) is 0 Å². The molecule has 0 aromatic carbocycles. The molecule has 0 aliphatic heterocycles. The number of nitrogens with two attached hydrogens (primary N) is 1. The van der Waals surface area contributed by atoms with E-state index in [1.54, 1.807) is 6.20 Å². The summed E-state index contributed by atoms with van der Waals surface area (Å²) in [6.07, 6.45) is 9.62. The Morgan fingerprint density at radius 2 is 2.16 bits per heavy atom. The zero-order valence-electron chi connectivity index (χ0n) is 12.1. The number of hydrogen-bond acceptors (Lipinski definition) is 3. The van der Waals surface area contributed by atoms with E-state index in [1.807, 2.05) is 6.20 Å². The maximum Gasteiger partial charge on any atom is 0.137 e. The molecule has 2 N–H and O–H groups in total. The maximum atomic E-state index is 6.31. The third-order valence-corrected chi connectivity index (χ3v) is 4.23. The molecule has 3 atom stereocenters. The van der Waals surface area contributed by atoms with Crippen molar-refractivity contribution in [1.29, 1.82) is 0 Å². The van der Waals surface area contributed by atoms with Crippen molar-refractivity contribution < 1.29 is 4.74 Å². The molecule has 0 bridgehead atoms. The summed E-state index contributed by atoms with van der Waals surface area (Å²) in [7, 11) is 0. The first kappa shape index (κ1) is 14.3. The van der Waals surface area contributed by atoms with Gasteiger partial charge >= 0.3 is 0 Å². The molecule has 0 amide bonds. The van der Waals surface area contributed by atoms with Gasteiger partial charge in [-0.25, -0.2) is 0 Å². The molecule has 1 aliphatic carbocycles. The average molecular weight is 262 g/mol. The lowest BCUT2D eigenvalue weighted by Crippen LogP contribution is -2.34. The summed E-state index contributed by atoms with van der Waals surface area (Å²) in [5, 5.41) is 0. The van der Waals surface area contributed by atoms with Crippen molar-refractivity contribution in [3.05, 3.63) is 24.0 Å². The highest BCUT2D eigenvalue weighted by Crippen LogP contribution is 2.37. The highest BCUT2D eigenvalue weighted by Gasteiger charge is 2.28. The first-order valence-electron chi connectivity index (χ1n) is 7.57. The fourth-order valence-electron chi connectivity index (χ4n) is 2.97. The monoisotopic (exact) mass is 262 g/mol. The van der Waals surface area contributed by atoms with Gasteiger partial charge in [-0.1, -0.05) is 20.3 Å². The van der Waals surface area contributed by atoms with Crippen molar-refractivity contribution in [2.45, 2.75) is 57.9 Å². The van der Waals surface area contributed by atoms with Crippen LogP contribution in [0.3, 0.4) is 0 Å². The van der Waals surface area contributed by atoms with Crippen LogP contribution in [0.15, 0.2) is 18.5 Å². The Labute approximate surface area is 116 Å². The van der Waals surface area contributed by atoms with Crippen LogP contribution in [-0.2, 0) is 0 Å². The van der Waals surface area contributed by atoms with Gasteiger partial charge in [0.2, 0.25) is 0 Å². The van der Waals surface area contributed by atoms with Crippen molar-refractivity contribution in [3.63, 3.8) is 0 Å². The predicted molar refractivity (Wildman–Crippen MR) is 78.4 cm³/mol. The van der Waals surface area contributed by atoms with E-state index in [0.29, 0.717) is 5.92 Å². The lowest BCUT2D eigenvalue weighted by molar-refractivity contribution is 0.280. The van der Waals surface area contributed by atoms with Crippen molar-refractivity contribution in [2.75, 3.05) is 6.61 Å². The highest BCUT2D eigenvalue weighted by molar-refractivity contribution is 5.28. The second-order valence-corrected chi connectivity index (χ2v) is 5.66. The van der Waals surface area contributed by atoms with Crippen LogP contribution in [0.2, 0.25) is 0 Å². The molecule has 1 aromatic rings. The van der Waals surface area contributed by atoms with E-state index in [4.69, 9.17) is 10.5 Å². The molecule has 1 aromatic heterocycles. The number of rotatable bonds is 5. The topological polar surface area (TPSA) is 48.1 Å². The fraction of sp³-hybridized carbons (Fsp3) is 0.688. The zero-order valence-corrected chi connectivity index (χ0v) is 12.1. The Balaban J connectivity index is 2.10.